The molecule has 1 N–H and O–H groups in total. The summed E-state index contributed by atoms with van der Waals surface area (Å²) >= 11 is 6.27. The Labute approximate surface area is 154 Å². The van der Waals surface area contributed by atoms with E-state index in [-0.39, 0.29) is 5.91 Å². The monoisotopic (exact) mass is 359 g/mol. The van der Waals surface area contributed by atoms with Gasteiger partial charge in [0.1, 0.15) is 5.69 Å². The second-order valence-electron chi connectivity index (χ2n) is 7.47. The molecule has 3 heterocycles. The van der Waals surface area contributed by atoms with Crippen LogP contribution in [-0.2, 0) is 7.05 Å². The van der Waals surface area contributed by atoms with E-state index >= 15 is 0 Å². The first-order chi connectivity index (χ1) is 12.1. The molecule has 2 unspecified atom stereocenters. The van der Waals surface area contributed by atoms with Gasteiger partial charge in [0.15, 0.2) is 0 Å². The van der Waals surface area contributed by atoms with E-state index in [9.17, 15) is 4.79 Å². The molecule has 2 saturated heterocycles. The quantitative estimate of drug-likeness (QED) is 0.904. The van der Waals surface area contributed by atoms with Gasteiger partial charge in [-0.3, -0.25) is 4.79 Å². The Morgan fingerprint density at radius 3 is 2.92 bits per heavy atom. The molecule has 0 saturated carbocycles. The van der Waals surface area contributed by atoms with E-state index in [1.165, 1.54) is 45.2 Å². The van der Waals surface area contributed by atoms with Crippen LogP contribution in [0.2, 0.25) is 5.02 Å². The number of hydrogen-bond donors (Lipinski definition) is 1. The van der Waals surface area contributed by atoms with Crippen LogP contribution in [-0.4, -0.2) is 41.1 Å². The fraction of sp³-hybridized carbons (Fsp3) is 0.550. The van der Waals surface area contributed by atoms with Gasteiger partial charge in [-0.25, -0.2) is 0 Å². The highest BCUT2D eigenvalue weighted by atomic mass is 35.5. The van der Waals surface area contributed by atoms with Crippen molar-refractivity contribution in [3.63, 3.8) is 0 Å². The molecule has 2 aromatic rings. The molecule has 0 bridgehead atoms. The molecular formula is C20H26ClN3O. The van der Waals surface area contributed by atoms with Crippen molar-refractivity contribution in [1.29, 1.82) is 0 Å². The normalized spacial score (nSPS) is 24.2. The summed E-state index contributed by atoms with van der Waals surface area (Å²) in [5.74, 6) is 0.582. The number of amides is 1. The van der Waals surface area contributed by atoms with Gasteiger partial charge in [-0.05, 0) is 62.9 Å². The standard InChI is InChI=1S/C20H26ClN3O/c1-23-18-9-4-7-16(21)15(18)12-19(23)20(25)22-13-14-6-5-11-24-10-3-2-8-17(14)24/h4,7,9,12,14,17H,2-3,5-6,8,10-11,13H2,1H3,(H,22,25). The molecule has 5 heteroatoms. The number of hydrogen-bond acceptors (Lipinski definition) is 2. The molecule has 0 radical (unpaired) electrons. The van der Waals surface area contributed by atoms with Crippen molar-refractivity contribution in [2.75, 3.05) is 19.6 Å². The second-order valence-corrected chi connectivity index (χ2v) is 7.88. The van der Waals surface area contributed by atoms with Crippen molar-refractivity contribution in [1.82, 2.24) is 14.8 Å². The first-order valence-electron chi connectivity index (χ1n) is 9.41. The number of fused-ring (bicyclic) bond motifs is 2. The zero-order chi connectivity index (χ0) is 17.4. The van der Waals surface area contributed by atoms with E-state index in [2.05, 4.69) is 10.2 Å². The Morgan fingerprint density at radius 2 is 2.08 bits per heavy atom. The van der Waals surface area contributed by atoms with Crippen LogP contribution < -0.4 is 5.32 Å². The molecule has 2 aliphatic heterocycles. The summed E-state index contributed by atoms with van der Waals surface area (Å²) in [5.41, 5.74) is 1.67. The summed E-state index contributed by atoms with van der Waals surface area (Å²) in [6.45, 7) is 3.24. The maximum Gasteiger partial charge on any atom is 0.267 e. The van der Waals surface area contributed by atoms with Crippen LogP contribution in [0.1, 0.15) is 42.6 Å². The van der Waals surface area contributed by atoms with Gasteiger partial charge in [0, 0.05) is 35.6 Å². The molecule has 25 heavy (non-hydrogen) atoms. The third kappa shape index (κ3) is 3.18. The van der Waals surface area contributed by atoms with Gasteiger partial charge in [-0.1, -0.05) is 24.1 Å². The van der Waals surface area contributed by atoms with Gasteiger partial charge in [-0.15, -0.1) is 0 Å². The van der Waals surface area contributed by atoms with E-state index in [1.807, 2.05) is 35.9 Å². The van der Waals surface area contributed by atoms with Crippen molar-refractivity contribution >= 4 is 28.4 Å². The molecule has 1 amide bonds. The van der Waals surface area contributed by atoms with Crippen molar-refractivity contribution in [2.24, 2.45) is 13.0 Å². The number of benzene rings is 1. The summed E-state index contributed by atoms with van der Waals surface area (Å²) in [4.78, 5) is 15.4. The van der Waals surface area contributed by atoms with Crippen molar-refractivity contribution in [2.45, 2.75) is 38.1 Å². The van der Waals surface area contributed by atoms with Crippen molar-refractivity contribution in [3.8, 4) is 0 Å². The average Bonchev–Trinajstić information content (AvgIpc) is 2.98. The van der Waals surface area contributed by atoms with Crippen LogP contribution in [0, 0.1) is 5.92 Å². The van der Waals surface area contributed by atoms with Gasteiger partial charge in [-0.2, -0.15) is 0 Å². The van der Waals surface area contributed by atoms with E-state index in [1.54, 1.807) is 0 Å². The van der Waals surface area contributed by atoms with Gasteiger partial charge in [0.2, 0.25) is 0 Å². The number of carbonyl (C=O) groups is 1. The molecule has 0 spiro atoms. The zero-order valence-electron chi connectivity index (χ0n) is 14.8. The number of nitrogens with zero attached hydrogens (tertiary/aromatic N) is 2. The lowest BCUT2D eigenvalue weighted by Gasteiger charge is -2.44. The zero-order valence-corrected chi connectivity index (χ0v) is 15.6. The van der Waals surface area contributed by atoms with Crippen molar-refractivity contribution < 1.29 is 4.79 Å². The Morgan fingerprint density at radius 1 is 1.24 bits per heavy atom. The van der Waals surface area contributed by atoms with Crippen LogP contribution >= 0.6 is 11.6 Å². The second kappa shape index (κ2) is 7.00. The topological polar surface area (TPSA) is 37.3 Å². The lowest BCUT2D eigenvalue weighted by atomic mass is 9.83. The smallest absolute Gasteiger partial charge is 0.267 e. The Kier molecular flexibility index (Phi) is 4.74. The lowest BCUT2D eigenvalue weighted by molar-refractivity contribution is 0.0574. The molecule has 4 nitrogen and oxygen atoms in total. The summed E-state index contributed by atoms with van der Waals surface area (Å²) in [5, 5.41) is 4.82. The van der Waals surface area contributed by atoms with Gasteiger partial charge < -0.3 is 14.8 Å². The van der Waals surface area contributed by atoms with E-state index in [0.717, 1.165) is 17.4 Å². The fourth-order valence-corrected chi connectivity index (χ4v) is 4.90. The summed E-state index contributed by atoms with van der Waals surface area (Å²) in [6.07, 6.45) is 6.41. The van der Waals surface area contributed by atoms with Gasteiger partial charge >= 0.3 is 0 Å². The maximum absolute atomic E-state index is 12.8. The lowest BCUT2D eigenvalue weighted by Crippen LogP contribution is -2.51. The molecule has 2 atom stereocenters. The molecule has 0 aliphatic carbocycles. The first-order valence-corrected chi connectivity index (χ1v) is 9.79. The van der Waals surface area contributed by atoms with Gasteiger partial charge in [0.05, 0.1) is 0 Å². The third-order valence-electron chi connectivity index (χ3n) is 6.02. The number of aryl methyl sites for hydroxylation is 1. The number of piperidine rings is 2. The largest absolute Gasteiger partial charge is 0.350 e. The Hall–Kier alpha value is -1.52. The molecule has 2 fully saturated rings. The van der Waals surface area contributed by atoms with E-state index < -0.39 is 0 Å². The summed E-state index contributed by atoms with van der Waals surface area (Å²) in [7, 11) is 1.93. The maximum atomic E-state index is 12.8. The van der Waals surface area contributed by atoms with E-state index in [0.29, 0.717) is 22.7 Å². The Balaban J connectivity index is 1.47. The first kappa shape index (κ1) is 16.9. The highest BCUT2D eigenvalue weighted by Gasteiger charge is 2.33. The highest BCUT2D eigenvalue weighted by Crippen LogP contribution is 2.31. The average molecular weight is 360 g/mol. The van der Waals surface area contributed by atoms with Crippen LogP contribution in [0.25, 0.3) is 10.9 Å². The van der Waals surface area contributed by atoms with Crippen LogP contribution in [0.5, 0.6) is 0 Å². The summed E-state index contributed by atoms with van der Waals surface area (Å²) in [6, 6.07) is 8.35. The minimum absolute atomic E-state index is 0.00250. The number of nitrogens with one attached hydrogen (secondary N) is 1. The highest BCUT2D eigenvalue weighted by molar-refractivity contribution is 6.35. The fourth-order valence-electron chi connectivity index (χ4n) is 4.67. The third-order valence-corrected chi connectivity index (χ3v) is 6.35. The molecule has 2 aliphatic rings. The summed E-state index contributed by atoms with van der Waals surface area (Å²) < 4.78 is 1.93. The Bertz CT molecular complexity index is 783. The predicted octanol–water partition coefficient (Wildman–Crippen LogP) is 3.83. The molecule has 4 rings (SSSR count). The van der Waals surface area contributed by atoms with Gasteiger partial charge in [0.25, 0.3) is 5.91 Å². The van der Waals surface area contributed by atoms with Crippen molar-refractivity contribution in [3.05, 3.63) is 35.0 Å². The van der Waals surface area contributed by atoms with E-state index in [4.69, 9.17) is 11.6 Å². The number of rotatable bonds is 3. The molecular weight excluding hydrogens is 334 g/mol. The predicted molar refractivity (Wildman–Crippen MR) is 102 cm³/mol. The molecule has 1 aromatic carbocycles. The molecule has 134 valence electrons. The van der Waals surface area contributed by atoms with Crippen LogP contribution in [0.3, 0.4) is 0 Å². The molecule has 1 aromatic heterocycles. The minimum Gasteiger partial charge on any atom is -0.350 e. The number of carbonyl (C=O) groups excluding carboxylic acids is 1. The van der Waals surface area contributed by atoms with Crippen LogP contribution in [0.4, 0.5) is 0 Å². The van der Waals surface area contributed by atoms with Crippen LogP contribution in [0.15, 0.2) is 24.3 Å². The number of aromatic nitrogens is 1. The minimum atomic E-state index is 0.00250. The SMILES string of the molecule is Cn1c(C(=O)NCC2CCCN3CCCCC23)cc2c(Cl)cccc21. The number of halogens is 1.